The van der Waals surface area contributed by atoms with Crippen LogP contribution in [0.25, 0.3) is 0 Å². The van der Waals surface area contributed by atoms with Crippen molar-refractivity contribution < 1.29 is 31.4 Å². The smallest absolute Gasteiger partial charge is 0.373 e. The molecule has 0 aliphatic carbocycles. The van der Waals surface area contributed by atoms with E-state index in [-0.39, 0.29) is 18.3 Å². The molecule has 0 aromatic rings. The summed E-state index contributed by atoms with van der Waals surface area (Å²) < 4.78 is 76.3. The van der Waals surface area contributed by atoms with Crippen LogP contribution in [-0.2, 0) is 0 Å². The van der Waals surface area contributed by atoms with Crippen LogP contribution in [-0.4, -0.2) is 23.1 Å². The maximum absolute atomic E-state index is 12.7. The van der Waals surface area contributed by atoms with E-state index in [1.54, 1.807) is 20.8 Å². The number of rotatable bonds is 5. The Morgan fingerprint density at radius 1 is 0.895 bits per heavy atom. The Hall–Kier alpha value is -0.460. The molecule has 0 aliphatic rings. The van der Waals surface area contributed by atoms with Crippen LogP contribution in [0.1, 0.15) is 40.5 Å². The Morgan fingerprint density at radius 2 is 1.26 bits per heavy atom. The lowest BCUT2D eigenvalue weighted by Crippen LogP contribution is -2.61. The molecule has 1 nitrogen and oxygen atoms in total. The summed E-state index contributed by atoms with van der Waals surface area (Å²) >= 11 is 0. The van der Waals surface area contributed by atoms with Gasteiger partial charge in [0.1, 0.15) is 0 Å². The molecule has 0 spiro atoms. The molecule has 0 bridgehead atoms. The first-order chi connectivity index (χ1) is 8.29. The molecule has 19 heavy (non-hydrogen) atoms. The zero-order valence-electron chi connectivity index (χ0n) is 11.4. The van der Waals surface area contributed by atoms with E-state index >= 15 is 0 Å². The average molecular weight is 294 g/mol. The first-order valence-electron chi connectivity index (χ1n) is 6.14. The van der Waals surface area contributed by atoms with Crippen molar-refractivity contribution in [2.75, 3.05) is 0 Å². The monoisotopic (exact) mass is 294 g/mol. The maximum Gasteiger partial charge on any atom is 0.426 e. The largest absolute Gasteiger partial charge is 0.426 e. The van der Waals surface area contributed by atoms with Gasteiger partial charge in [-0.1, -0.05) is 27.7 Å². The third kappa shape index (κ3) is 3.77. The summed E-state index contributed by atoms with van der Waals surface area (Å²) in [6.45, 7) is 6.25. The van der Waals surface area contributed by atoms with Crippen LogP contribution in [0.3, 0.4) is 0 Å². The molecule has 7 heteroatoms. The Kier molecular flexibility index (Phi) is 5.75. The quantitative estimate of drug-likeness (QED) is 0.737. The van der Waals surface area contributed by atoms with Gasteiger partial charge in [-0.2, -0.15) is 26.3 Å². The normalized spacial score (nSPS) is 17.7. The van der Waals surface area contributed by atoms with Crippen molar-refractivity contribution in [3.05, 3.63) is 0 Å². The highest BCUT2D eigenvalue weighted by molar-refractivity contribution is 4.99. The number of halogens is 6. The summed E-state index contributed by atoms with van der Waals surface area (Å²) in [5.74, 6) is -2.30. The van der Waals surface area contributed by atoms with Gasteiger partial charge in [-0.25, -0.2) is 0 Å². The van der Waals surface area contributed by atoms with Gasteiger partial charge in [-0.3, -0.25) is 0 Å². The van der Waals surface area contributed by atoms with Gasteiger partial charge in [0.15, 0.2) is 0 Å². The Balaban J connectivity index is 5.47. The molecule has 0 aliphatic heterocycles. The van der Waals surface area contributed by atoms with Gasteiger partial charge >= 0.3 is 12.4 Å². The summed E-state index contributed by atoms with van der Waals surface area (Å²) in [5, 5.41) is 9.32. The van der Waals surface area contributed by atoms with Crippen LogP contribution in [0.4, 0.5) is 26.3 Å². The fraction of sp³-hybridized carbons (Fsp3) is 1.00. The summed E-state index contributed by atoms with van der Waals surface area (Å²) in [7, 11) is 0. The van der Waals surface area contributed by atoms with E-state index in [1.807, 2.05) is 0 Å². The highest BCUT2D eigenvalue weighted by atomic mass is 19.4. The van der Waals surface area contributed by atoms with Gasteiger partial charge in [0.25, 0.3) is 5.60 Å². The first-order valence-corrected chi connectivity index (χ1v) is 6.14. The predicted octanol–water partition coefficient (Wildman–Crippen LogP) is 4.55. The van der Waals surface area contributed by atoms with Crippen molar-refractivity contribution in [3.63, 3.8) is 0 Å². The molecule has 0 aromatic carbocycles. The molecule has 0 amide bonds. The van der Waals surface area contributed by atoms with Crippen LogP contribution in [0.5, 0.6) is 0 Å². The van der Waals surface area contributed by atoms with Crippen LogP contribution in [0.15, 0.2) is 0 Å². The van der Waals surface area contributed by atoms with Crippen molar-refractivity contribution in [2.24, 2.45) is 17.8 Å². The van der Waals surface area contributed by atoms with Crippen LogP contribution >= 0.6 is 0 Å². The Bertz CT molecular complexity index is 267. The number of alkyl halides is 6. The minimum absolute atomic E-state index is 0.0558. The molecule has 0 fully saturated rings. The van der Waals surface area contributed by atoms with Gasteiger partial charge in [0.05, 0.1) is 0 Å². The van der Waals surface area contributed by atoms with Crippen molar-refractivity contribution in [1.29, 1.82) is 0 Å². The molecule has 0 aromatic heterocycles. The number of hydrogen-bond acceptors (Lipinski definition) is 1. The lowest BCUT2D eigenvalue weighted by molar-refractivity contribution is -0.386. The fourth-order valence-electron chi connectivity index (χ4n) is 1.98. The fourth-order valence-corrected chi connectivity index (χ4v) is 1.98. The van der Waals surface area contributed by atoms with E-state index in [0.29, 0.717) is 0 Å². The predicted molar refractivity (Wildman–Crippen MR) is 59.5 cm³/mol. The van der Waals surface area contributed by atoms with Gasteiger partial charge in [-0.15, -0.1) is 0 Å². The standard InChI is InChI=1S/C12H20F6O/c1-5-9(6-8(4)7(2)3)10(19,11(13,14)15)12(16,17)18/h7-9,19H,5-6H2,1-4H3. The highest BCUT2D eigenvalue weighted by Crippen LogP contribution is 2.50. The Labute approximate surface area is 109 Å². The average Bonchev–Trinajstić information content (AvgIpc) is 2.20. The van der Waals surface area contributed by atoms with Crippen molar-refractivity contribution in [1.82, 2.24) is 0 Å². The second-order valence-corrected chi connectivity index (χ2v) is 5.32. The van der Waals surface area contributed by atoms with E-state index in [1.165, 1.54) is 6.92 Å². The van der Waals surface area contributed by atoms with Crippen molar-refractivity contribution in [3.8, 4) is 0 Å². The van der Waals surface area contributed by atoms with Crippen molar-refractivity contribution in [2.45, 2.75) is 58.5 Å². The van der Waals surface area contributed by atoms with E-state index in [2.05, 4.69) is 0 Å². The molecule has 0 saturated heterocycles. The molecule has 0 rings (SSSR count). The molecular formula is C12H20F6O. The zero-order chi connectivity index (χ0) is 15.6. The maximum atomic E-state index is 12.7. The molecule has 116 valence electrons. The number of hydrogen-bond donors (Lipinski definition) is 1. The van der Waals surface area contributed by atoms with E-state index in [9.17, 15) is 31.4 Å². The van der Waals surface area contributed by atoms with Gasteiger partial charge in [-0.05, 0) is 24.7 Å². The minimum atomic E-state index is -5.73. The van der Waals surface area contributed by atoms with Crippen molar-refractivity contribution >= 4 is 0 Å². The molecule has 0 radical (unpaired) electrons. The topological polar surface area (TPSA) is 20.2 Å². The molecular weight excluding hydrogens is 274 g/mol. The van der Waals surface area contributed by atoms with Crippen LogP contribution < -0.4 is 0 Å². The number of aliphatic hydroxyl groups is 1. The third-order valence-corrected chi connectivity index (χ3v) is 3.74. The SMILES string of the molecule is CCC(CC(C)C(C)C)C(O)(C(F)(F)F)C(F)(F)F. The zero-order valence-corrected chi connectivity index (χ0v) is 11.4. The Morgan fingerprint density at radius 3 is 1.47 bits per heavy atom. The molecule has 0 saturated carbocycles. The van der Waals surface area contributed by atoms with E-state index in [0.717, 1.165) is 0 Å². The first kappa shape index (κ1) is 18.5. The highest BCUT2D eigenvalue weighted by Gasteiger charge is 2.73. The van der Waals surface area contributed by atoms with Crippen LogP contribution in [0, 0.1) is 17.8 Å². The van der Waals surface area contributed by atoms with Crippen LogP contribution in [0.2, 0.25) is 0 Å². The minimum Gasteiger partial charge on any atom is -0.373 e. The summed E-state index contributed by atoms with van der Waals surface area (Å²) in [6.07, 6.45) is -12.2. The van der Waals surface area contributed by atoms with Gasteiger partial charge in [0.2, 0.25) is 0 Å². The second kappa shape index (κ2) is 5.89. The third-order valence-electron chi connectivity index (χ3n) is 3.74. The lowest BCUT2D eigenvalue weighted by atomic mass is 9.76. The summed E-state index contributed by atoms with van der Waals surface area (Å²) in [4.78, 5) is 0. The molecule has 2 atom stereocenters. The second-order valence-electron chi connectivity index (χ2n) is 5.32. The van der Waals surface area contributed by atoms with Gasteiger partial charge < -0.3 is 5.11 Å². The van der Waals surface area contributed by atoms with E-state index in [4.69, 9.17) is 0 Å². The van der Waals surface area contributed by atoms with E-state index < -0.39 is 30.3 Å². The molecule has 1 N–H and O–H groups in total. The lowest BCUT2D eigenvalue weighted by Gasteiger charge is -2.39. The summed E-state index contributed by atoms with van der Waals surface area (Å²) in [5.41, 5.74) is -4.64. The summed E-state index contributed by atoms with van der Waals surface area (Å²) in [6, 6.07) is 0. The molecule has 2 unspecified atom stereocenters. The molecule has 0 heterocycles. The van der Waals surface area contributed by atoms with Gasteiger partial charge in [0, 0.05) is 5.92 Å².